The van der Waals surface area contributed by atoms with Crippen LogP contribution in [-0.4, -0.2) is 63.7 Å². The van der Waals surface area contributed by atoms with Crippen molar-refractivity contribution in [2.75, 3.05) is 27.2 Å². The van der Waals surface area contributed by atoms with E-state index in [0.717, 1.165) is 36.5 Å². The van der Waals surface area contributed by atoms with Crippen molar-refractivity contribution in [3.63, 3.8) is 0 Å². The Morgan fingerprint density at radius 2 is 1.15 bits per heavy atom. The predicted octanol–water partition coefficient (Wildman–Crippen LogP) is 5.91. The van der Waals surface area contributed by atoms with Crippen LogP contribution in [0.5, 0.6) is 0 Å². The fourth-order valence-corrected chi connectivity index (χ4v) is 5.41. The van der Waals surface area contributed by atoms with Gasteiger partial charge < -0.3 is 15.5 Å². The van der Waals surface area contributed by atoms with E-state index in [-0.39, 0.29) is 30.0 Å². The average Bonchev–Trinajstić information content (AvgIpc) is 3.30. The number of carbonyl (C=O) groups is 2. The molecule has 2 aromatic heterocycles. The van der Waals surface area contributed by atoms with Crippen LogP contribution in [0, 0.1) is 11.6 Å². The van der Waals surface area contributed by atoms with Gasteiger partial charge in [0.1, 0.15) is 11.6 Å². The Morgan fingerprint density at radius 3 is 1.61 bits per heavy atom. The highest BCUT2D eigenvalue weighted by atomic mass is 19.1. The molecule has 1 aliphatic rings. The van der Waals surface area contributed by atoms with E-state index in [1.165, 1.54) is 17.0 Å². The molecule has 3 heterocycles. The van der Waals surface area contributed by atoms with Crippen molar-refractivity contribution in [3.8, 4) is 0 Å². The number of hydrogen-bond acceptors (Lipinski definition) is 7. The number of carbonyl (C=O) groups excluding carboxylic acids is 2. The van der Waals surface area contributed by atoms with Gasteiger partial charge in [0.05, 0.1) is 40.1 Å². The van der Waals surface area contributed by atoms with Crippen LogP contribution in [0.25, 0.3) is 21.8 Å². The summed E-state index contributed by atoms with van der Waals surface area (Å²) in [6.45, 7) is 7.56. The fourth-order valence-electron chi connectivity index (χ4n) is 5.41. The zero-order chi connectivity index (χ0) is 33.0. The minimum absolute atomic E-state index is 0.0612. The van der Waals surface area contributed by atoms with Crippen molar-refractivity contribution in [3.05, 3.63) is 118 Å². The van der Waals surface area contributed by atoms with Crippen molar-refractivity contribution >= 4 is 33.6 Å². The zero-order valence-electron chi connectivity index (χ0n) is 26.6. The molecule has 6 rings (SSSR count). The molecular formula is C36H38F2N6O2. The minimum atomic E-state index is -0.335. The Morgan fingerprint density at radius 1 is 0.696 bits per heavy atom. The number of aromatic nitrogens is 2. The molecule has 2 amide bonds. The molecule has 0 fully saturated rings. The second kappa shape index (κ2) is 14.2. The Hall–Kier alpha value is -4.64. The number of nitrogens with zero attached hydrogens (tertiary/aromatic N) is 5. The van der Waals surface area contributed by atoms with E-state index in [0.29, 0.717) is 51.7 Å². The minimum Gasteiger partial charge on any atom is -0.325 e. The van der Waals surface area contributed by atoms with Crippen molar-refractivity contribution in [1.29, 1.82) is 0 Å². The summed E-state index contributed by atoms with van der Waals surface area (Å²) in [5.74, 6) is -1.21. The van der Waals surface area contributed by atoms with Crippen LogP contribution >= 0.6 is 0 Å². The zero-order valence-corrected chi connectivity index (χ0v) is 26.6. The third-order valence-corrected chi connectivity index (χ3v) is 8.29. The fraction of sp³-hybridized carbons (Fsp3) is 0.278. The number of rotatable bonds is 9. The summed E-state index contributed by atoms with van der Waals surface area (Å²) >= 11 is 0. The van der Waals surface area contributed by atoms with E-state index in [1.807, 2.05) is 33.2 Å². The standard InChI is InChI=1S/C22H20FN3O2.C14H18FN3/c1-3-25(2)12-14-11-17-18(23)9-6-10-19(17)24-20(14)13-26-21(27)15-7-4-5-8-16(15)22(26)28;1-3-18(2)9-10-7-11-12(15)5-4-6-13(11)17-14(10)8-16/h4-11H,3,12-13H2,1-2H3;4-7H,3,8-9,16H2,1-2H3. The first-order chi connectivity index (χ1) is 22.1. The van der Waals surface area contributed by atoms with Gasteiger partial charge in [-0.05, 0) is 86.8 Å². The molecule has 0 bridgehead atoms. The molecule has 0 atom stereocenters. The lowest BCUT2D eigenvalue weighted by atomic mass is 10.1. The number of benzene rings is 3. The second-order valence-electron chi connectivity index (χ2n) is 11.4. The largest absolute Gasteiger partial charge is 0.325 e. The van der Waals surface area contributed by atoms with E-state index in [2.05, 4.69) is 26.7 Å². The summed E-state index contributed by atoms with van der Waals surface area (Å²) < 4.78 is 28.0. The third-order valence-electron chi connectivity index (χ3n) is 8.29. The summed E-state index contributed by atoms with van der Waals surface area (Å²) in [7, 11) is 3.98. The van der Waals surface area contributed by atoms with Crippen molar-refractivity contribution < 1.29 is 18.4 Å². The summed E-state index contributed by atoms with van der Waals surface area (Å²) in [5, 5.41) is 1.00. The number of imide groups is 1. The lowest BCUT2D eigenvalue weighted by Gasteiger charge is -2.20. The monoisotopic (exact) mass is 624 g/mol. The molecule has 46 heavy (non-hydrogen) atoms. The van der Waals surface area contributed by atoms with Gasteiger partial charge in [-0.25, -0.2) is 8.78 Å². The van der Waals surface area contributed by atoms with Crippen LogP contribution in [-0.2, 0) is 26.2 Å². The highest BCUT2D eigenvalue weighted by molar-refractivity contribution is 6.21. The van der Waals surface area contributed by atoms with Gasteiger partial charge in [-0.15, -0.1) is 0 Å². The molecule has 0 aliphatic carbocycles. The molecule has 0 radical (unpaired) electrons. The Labute approximate surface area is 267 Å². The van der Waals surface area contributed by atoms with Crippen LogP contribution in [0.4, 0.5) is 8.78 Å². The molecule has 8 nitrogen and oxygen atoms in total. The average molecular weight is 625 g/mol. The second-order valence-corrected chi connectivity index (χ2v) is 11.4. The van der Waals surface area contributed by atoms with Crippen molar-refractivity contribution in [2.24, 2.45) is 5.73 Å². The SMILES string of the molecule is CCN(C)Cc1cc2c(F)cccc2nc1CN.CCN(C)Cc1cc2c(F)cccc2nc1CN1C(=O)c2ccccc2C1=O. The van der Waals surface area contributed by atoms with Crippen LogP contribution < -0.4 is 5.73 Å². The van der Waals surface area contributed by atoms with E-state index in [1.54, 1.807) is 48.5 Å². The van der Waals surface area contributed by atoms with Gasteiger partial charge in [-0.2, -0.15) is 0 Å². The van der Waals surface area contributed by atoms with Gasteiger partial charge in [-0.1, -0.05) is 38.1 Å². The number of amides is 2. The number of pyridine rings is 2. The lowest BCUT2D eigenvalue weighted by Crippen LogP contribution is -2.30. The molecule has 10 heteroatoms. The first-order valence-corrected chi connectivity index (χ1v) is 15.3. The predicted molar refractivity (Wildman–Crippen MR) is 176 cm³/mol. The quantitative estimate of drug-likeness (QED) is 0.204. The van der Waals surface area contributed by atoms with Crippen LogP contribution in [0.1, 0.15) is 57.1 Å². The molecule has 2 N–H and O–H groups in total. The van der Waals surface area contributed by atoms with Gasteiger partial charge in [0.25, 0.3) is 11.8 Å². The van der Waals surface area contributed by atoms with E-state index in [9.17, 15) is 18.4 Å². The Bertz CT molecular complexity index is 1880. The molecular weight excluding hydrogens is 586 g/mol. The highest BCUT2D eigenvalue weighted by Gasteiger charge is 2.35. The maximum atomic E-state index is 14.3. The summed E-state index contributed by atoms with van der Waals surface area (Å²) in [6.07, 6.45) is 0. The normalized spacial score (nSPS) is 12.8. The van der Waals surface area contributed by atoms with Crippen LogP contribution in [0.3, 0.4) is 0 Å². The summed E-state index contributed by atoms with van der Waals surface area (Å²) in [4.78, 5) is 39.9. The molecule has 0 spiro atoms. The first kappa shape index (κ1) is 32.7. The topological polar surface area (TPSA) is 95.7 Å². The first-order valence-electron chi connectivity index (χ1n) is 15.3. The van der Waals surface area contributed by atoms with E-state index < -0.39 is 0 Å². The molecule has 238 valence electrons. The maximum Gasteiger partial charge on any atom is 0.261 e. The van der Waals surface area contributed by atoms with Gasteiger partial charge in [0, 0.05) is 30.4 Å². The van der Waals surface area contributed by atoms with Gasteiger partial charge in [0.15, 0.2) is 0 Å². The van der Waals surface area contributed by atoms with Crippen LogP contribution in [0.15, 0.2) is 72.8 Å². The van der Waals surface area contributed by atoms with Gasteiger partial charge >= 0.3 is 0 Å². The maximum absolute atomic E-state index is 14.3. The van der Waals surface area contributed by atoms with Crippen molar-refractivity contribution in [1.82, 2.24) is 24.7 Å². The lowest BCUT2D eigenvalue weighted by molar-refractivity contribution is 0.0640. The molecule has 0 saturated carbocycles. The molecule has 5 aromatic rings. The summed E-state index contributed by atoms with van der Waals surface area (Å²) in [6, 6.07) is 20.1. The summed E-state index contributed by atoms with van der Waals surface area (Å²) in [5.41, 5.74) is 11.0. The molecule has 0 unspecified atom stereocenters. The van der Waals surface area contributed by atoms with Gasteiger partial charge in [0.2, 0.25) is 0 Å². The number of halogens is 2. The van der Waals surface area contributed by atoms with E-state index in [4.69, 9.17) is 5.73 Å². The molecule has 3 aromatic carbocycles. The highest BCUT2D eigenvalue weighted by Crippen LogP contribution is 2.27. The third kappa shape index (κ3) is 6.79. The van der Waals surface area contributed by atoms with E-state index >= 15 is 0 Å². The molecule has 1 aliphatic heterocycles. The smallest absolute Gasteiger partial charge is 0.261 e. The Balaban J connectivity index is 0.000000200. The number of fused-ring (bicyclic) bond motifs is 3. The van der Waals surface area contributed by atoms with Crippen LogP contribution in [0.2, 0.25) is 0 Å². The van der Waals surface area contributed by atoms with Gasteiger partial charge in [-0.3, -0.25) is 24.5 Å². The Kier molecular flexibility index (Phi) is 10.1. The van der Waals surface area contributed by atoms with Crippen molar-refractivity contribution in [2.45, 2.75) is 40.0 Å². The number of hydrogen-bond donors (Lipinski definition) is 1. The number of nitrogens with two attached hydrogens (primary N) is 1. The molecule has 0 saturated heterocycles.